The average molecular weight is 199 g/mol. The Kier molecular flexibility index (Phi) is 7.06. The van der Waals surface area contributed by atoms with Crippen molar-refractivity contribution in [3.63, 3.8) is 0 Å². The molecule has 0 unspecified atom stereocenters. The van der Waals surface area contributed by atoms with Gasteiger partial charge in [-0.05, 0) is 32.7 Å². The van der Waals surface area contributed by atoms with E-state index in [-0.39, 0.29) is 0 Å². The minimum Gasteiger partial charge on any atom is -0.382 e. The fraction of sp³-hybridized carbons (Fsp3) is 1.00. The lowest BCUT2D eigenvalue weighted by Gasteiger charge is -2.15. The fourth-order valence-electron chi connectivity index (χ4n) is 2.11. The summed E-state index contributed by atoms with van der Waals surface area (Å²) in [6.45, 7) is 4.95. The van der Waals surface area contributed by atoms with E-state index in [0.717, 1.165) is 32.2 Å². The van der Waals surface area contributed by atoms with Crippen LogP contribution in [0.2, 0.25) is 0 Å². The molecule has 1 rings (SSSR count). The van der Waals surface area contributed by atoms with Crippen molar-refractivity contribution in [3.8, 4) is 0 Å². The molecule has 0 aromatic heterocycles. The van der Waals surface area contributed by atoms with Crippen LogP contribution >= 0.6 is 0 Å². The molecule has 1 aliphatic carbocycles. The molecule has 14 heavy (non-hydrogen) atoms. The maximum Gasteiger partial charge on any atom is 0.0477 e. The van der Waals surface area contributed by atoms with Gasteiger partial charge >= 0.3 is 0 Å². The molecule has 0 aromatic rings. The average Bonchev–Trinajstić information content (AvgIpc) is 2.46. The molecule has 0 aromatic carbocycles. The van der Waals surface area contributed by atoms with Crippen molar-refractivity contribution in [2.45, 2.75) is 57.9 Å². The van der Waals surface area contributed by atoms with E-state index in [1.807, 2.05) is 0 Å². The van der Waals surface area contributed by atoms with Gasteiger partial charge in [-0.3, -0.25) is 0 Å². The van der Waals surface area contributed by atoms with Crippen LogP contribution in [-0.4, -0.2) is 25.8 Å². The van der Waals surface area contributed by atoms with Crippen molar-refractivity contribution in [1.29, 1.82) is 0 Å². The summed E-state index contributed by atoms with van der Waals surface area (Å²) in [5.74, 6) is 0. The summed E-state index contributed by atoms with van der Waals surface area (Å²) in [6.07, 6.45) is 9.65. The van der Waals surface area contributed by atoms with Crippen LogP contribution in [0.25, 0.3) is 0 Å². The van der Waals surface area contributed by atoms with Crippen LogP contribution in [0.5, 0.6) is 0 Å². The first kappa shape index (κ1) is 12.0. The third-order valence-corrected chi connectivity index (χ3v) is 2.96. The third-order valence-electron chi connectivity index (χ3n) is 2.96. The van der Waals surface area contributed by atoms with Gasteiger partial charge in [0.2, 0.25) is 0 Å². The van der Waals surface area contributed by atoms with Gasteiger partial charge in [0.15, 0.2) is 0 Å². The third kappa shape index (κ3) is 5.61. The number of hydrogen-bond acceptors (Lipinski definition) is 2. The Morgan fingerprint density at radius 1 is 1.14 bits per heavy atom. The lowest BCUT2D eigenvalue weighted by molar-refractivity contribution is 0.144. The van der Waals surface area contributed by atoms with Crippen molar-refractivity contribution in [2.75, 3.05) is 19.8 Å². The van der Waals surface area contributed by atoms with Gasteiger partial charge in [-0.25, -0.2) is 0 Å². The summed E-state index contributed by atoms with van der Waals surface area (Å²) in [6, 6.07) is 0.791. The molecule has 0 aliphatic heterocycles. The van der Waals surface area contributed by atoms with Crippen molar-refractivity contribution in [3.05, 3.63) is 0 Å². The molecule has 2 heteroatoms. The molecular weight excluding hydrogens is 174 g/mol. The molecule has 0 radical (unpaired) electrons. The predicted octanol–water partition coefficient (Wildman–Crippen LogP) is 2.73. The minimum atomic E-state index is 0.791. The minimum absolute atomic E-state index is 0.791. The zero-order chi connectivity index (χ0) is 10.1. The molecule has 1 aliphatic rings. The Morgan fingerprint density at radius 3 is 2.50 bits per heavy atom. The summed E-state index contributed by atoms with van der Waals surface area (Å²) < 4.78 is 5.31. The molecule has 2 nitrogen and oxygen atoms in total. The first-order valence-corrected chi connectivity index (χ1v) is 6.24. The normalized spacial score (nSPS) is 19.5. The van der Waals surface area contributed by atoms with Crippen molar-refractivity contribution >= 4 is 0 Å². The SMILES string of the molecule is CCOCCCNC1CCCCCC1. The first-order valence-electron chi connectivity index (χ1n) is 6.24. The molecule has 0 atom stereocenters. The second-order valence-electron chi connectivity index (χ2n) is 4.19. The van der Waals surface area contributed by atoms with Crippen LogP contribution < -0.4 is 5.32 Å². The highest BCUT2D eigenvalue weighted by Crippen LogP contribution is 2.16. The highest BCUT2D eigenvalue weighted by Gasteiger charge is 2.10. The van der Waals surface area contributed by atoms with E-state index in [1.54, 1.807) is 0 Å². The molecule has 0 bridgehead atoms. The van der Waals surface area contributed by atoms with Gasteiger partial charge < -0.3 is 10.1 Å². The standard InChI is InChI=1S/C12H25NO/c1-2-14-11-7-10-13-12-8-5-3-4-6-9-12/h12-13H,2-11H2,1H3. The van der Waals surface area contributed by atoms with Gasteiger partial charge in [0.1, 0.15) is 0 Å². The van der Waals surface area contributed by atoms with Gasteiger partial charge in [-0.15, -0.1) is 0 Å². The van der Waals surface area contributed by atoms with E-state index in [2.05, 4.69) is 12.2 Å². The van der Waals surface area contributed by atoms with E-state index in [9.17, 15) is 0 Å². The number of hydrogen-bond donors (Lipinski definition) is 1. The lowest BCUT2D eigenvalue weighted by Crippen LogP contribution is -2.29. The van der Waals surface area contributed by atoms with Crippen molar-refractivity contribution in [1.82, 2.24) is 5.32 Å². The second-order valence-corrected chi connectivity index (χ2v) is 4.19. The van der Waals surface area contributed by atoms with Crippen molar-refractivity contribution in [2.24, 2.45) is 0 Å². The summed E-state index contributed by atoms with van der Waals surface area (Å²) in [5.41, 5.74) is 0. The Morgan fingerprint density at radius 2 is 1.86 bits per heavy atom. The Hall–Kier alpha value is -0.0800. The molecular formula is C12H25NO. The second kappa shape index (κ2) is 8.25. The zero-order valence-corrected chi connectivity index (χ0v) is 9.56. The van der Waals surface area contributed by atoms with E-state index in [0.29, 0.717) is 0 Å². The molecule has 0 heterocycles. The predicted molar refractivity (Wildman–Crippen MR) is 60.6 cm³/mol. The summed E-state index contributed by atoms with van der Waals surface area (Å²) in [5, 5.41) is 3.64. The molecule has 84 valence electrons. The number of nitrogens with one attached hydrogen (secondary N) is 1. The van der Waals surface area contributed by atoms with E-state index in [1.165, 1.54) is 38.5 Å². The lowest BCUT2D eigenvalue weighted by atomic mass is 10.1. The Bertz CT molecular complexity index is 119. The molecule has 0 amide bonds. The summed E-state index contributed by atoms with van der Waals surface area (Å²) >= 11 is 0. The van der Waals surface area contributed by atoms with E-state index >= 15 is 0 Å². The molecule has 0 saturated heterocycles. The fourth-order valence-corrected chi connectivity index (χ4v) is 2.11. The van der Waals surface area contributed by atoms with Crippen LogP contribution in [-0.2, 0) is 4.74 Å². The quantitative estimate of drug-likeness (QED) is 0.524. The molecule has 0 spiro atoms. The van der Waals surface area contributed by atoms with Gasteiger partial charge in [0, 0.05) is 19.3 Å². The maximum atomic E-state index is 5.31. The topological polar surface area (TPSA) is 21.3 Å². The van der Waals surface area contributed by atoms with Crippen LogP contribution in [0, 0.1) is 0 Å². The Labute approximate surface area is 88.4 Å². The van der Waals surface area contributed by atoms with Gasteiger partial charge in [-0.2, -0.15) is 0 Å². The molecule has 1 saturated carbocycles. The van der Waals surface area contributed by atoms with Crippen LogP contribution in [0.3, 0.4) is 0 Å². The monoisotopic (exact) mass is 199 g/mol. The van der Waals surface area contributed by atoms with Crippen LogP contribution in [0.15, 0.2) is 0 Å². The molecule has 1 fully saturated rings. The van der Waals surface area contributed by atoms with E-state index in [4.69, 9.17) is 4.74 Å². The number of rotatable bonds is 6. The summed E-state index contributed by atoms with van der Waals surface area (Å²) in [4.78, 5) is 0. The van der Waals surface area contributed by atoms with Crippen LogP contribution in [0.4, 0.5) is 0 Å². The van der Waals surface area contributed by atoms with Gasteiger partial charge in [0.25, 0.3) is 0 Å². The van der Waals surface area contributed by atoms with Crippen molar-refractivity contribution < 1.29 is 4.74 Å². The first-order chi connectivity index (χ1) is 6.93. The molecule has 1 N–H and O–H groups in total. The van der Waals surface area contributed by atoms with Gasteiger partial charge in [0.05, 0.1) is 0 Å². The van der Waals surface area contributed by atoms with E-state index < -0.39 is 0 Å². The van der Waals surface area contributed by atoms with Crippen LogP contribution in [0.1, 0.15) is 51.9 Å². The highest BCUT2D eigenvalue weighted by molar-refractivity contribution is 4.70. The smallest absolute Gasteiger partial charge is 0.0477 e. The zero-order valence-electron chi connectivity index (χ0n) is 9.56. The number of ether oxygens (including phenoxy) is 1. The largest absolute Gasteiger partial charge is 0.382 e. The Balaban J connectivity index is 1.93. The summed E-state index contributed by atoms with van der Waals surface area (Å²) in [7, 11) is 0. The maximum absolute atomic E-state index is 5.31. The van der Waals surface area contributed by atoms with Gasteiger partial charge in [-0.1, -0.05) is 25.7 Å². The highest BCUT2D eigenvalue weighted by atomic mass is 16.5.